The number of amides is 2. The first-order valence-electron chi connectivity index (χ1n) is 9.62. The Morgan fingerprint density at radius 3 is 2.37 bits per heavy atom. The molecule has 1 saturated heterocycles. The fraction of sp³-hybridized carbons (Fsp3) is 0.364. The molecule has 0 aliphatic carbocycles. The SMILES string of the molecule is Cc1ccccc1C(=O)NCCC(=O)Nc1ccc(N2CCCCC2)cc1. The molecule has 0 spiro atoms. The van der Waals surface area contributed by atoms with Crippen LogP contribution in [0.15, 0.2) is 48.5 Å². The van der Waals surface area contributed by atoms with Gasteiger partial charge in [-0.15, -0.1) is 0 Å². The van der Waals surface area contributed by atoms with Gasteiger partial charge < -0.3 is 15.5 Å². The summed E-state index contributed by atoms with van der Waals surface area (Å²) < 4.78 is 0. The number of rotatable bonds is 6. The number of hydrogen-bond acceptors (Lipinski definition) is 3. The number of benzene rings is 2. The van der Waals surface area contributed by atoms with Crippen molar-refractivity contribution in [2.24, 2.45) is 0 Å². The van der Waals surface area contributed by atoms with Crippen molar-refractivity contribution >= 4 is 23.2 Å². The first-order valence-corrected chi connectivity index (χ1v) is 9.62. The Morgan fingerprint density at radius 1 is 0.963 bits per heavy atom. The highest BCUT2D eigenvalue weighted by Gasteiger charge is 2.11. The van der Waals surface area contributed by atoms with E-state index in [4.69, 9.17) is 0 Å². The molecule has 2 aromatic carbocycles. The third kappa shape index (κ3) is 5.33. The number of hydrogen-bond donors (Lipinski definition) is 2. The van der Waals surface area contributed by atoms with Gasteiger partial charge in [-0.3, -0.25) is 9.59 Å². The highest BCUT2D eigenvalue weighted by atomic mass is 16.2. The molecular weight excluding hydrogens is 338 g/mol. The van der Waals surface area contributed by atoms with E-state index in [1.54, 1.807) is 6.07 Å². The summed E-state index contributed by atoms with van der Waals surface area (Å²) in [6, 6.07) is 15.4. The molecule has 2 aromatic rings. The highest BCUT2D eigenvalue weighted by Crippen LogP contribution is 2.21. The van der Waals surface area contributed by atoms with E-state index >= 15 is 0 Å². The van der Waals surface area contributed by atoms with Gasteiger partial charge in [-0.05, 0) is 62.1 Å². The van der Waals surface area contributed by atoms with E-state index in [1.165, 1.54) is 24.9 Å². The maximum absolute atomic E-state index is 12.1. The fourth-order valence-corrected chi connectivity index (χ4v) is 3.34. The minimum absolute atomic E-state index is 0.106. The molecule has 0 unspecified atom stereocenters. The Bertz CT molecular complexity index is 780. The number of piperidine rings is 1. The summed E-state index contributed by atoms with van der Waals surface area (Å²) in [4.78, 5) is 26.6. The third-order valence-electron chi connectivity index (χ3n) is 4.90. The molecule has 0 bridgehead atoms. The Balaban J connectivity index is 1.44. The summed E-state index contributed by atoms with van der Waals surface area (Å²) in [5, 5.41) is 5.69. The van der Waals surface area contributed by atoms with Gasteiger partial charge in [0, 0.05) is 43.0 Å². The van der Waals surface area contributed by atoms with E-state index in [0.29, 0.717) is 12.1 Å². The van der Waals surface area contributed by atoms with Crippen molar-refractivity contribution in [2.75, 3.05) is 29.9 Å². The second-order valence-corrected chi connectivity index (χ2v) is 6.96. The van der Waals surface area contributed by atoms with Crippen LogP contribution in [0.4, 0.5) is 11.4 Å². The predicted octanol–water partition coefficient (Wildman–Crippen LogP) is 3.74. The number of carbonyl (C=O) groups is 2. The van der Waals surface area contributed by atoms with Crippen LogP contribution in [0.2, 0.25) is 0 Å². The Hall–Kier alpha value is -2.82. The van der Waals surface area contributed by atoms with Crippen molar-refractivity contribution in [1.82, 2.24) is 5.32 Å². The molecule has 1 fully saturated rings. The van der Waals surface area contributed by atoms with Crippen molar-refractivity contribution in [3.63, 3.8) is 0 Å². The lowest BCUT2D eigenvalue weighted by molar-refractivity contribution is -0.116. The quantitative estimate of drug-likeness (QED) is 0.820. The summed E-state index contributed by atoms with van der Waals surface area (Å²) in [5.74, 6) is -0.252. The van der Waals surface area contributed by atoms with E-state index in [2.05, 4.69) is 27.7 Å². The van der Waals surface area contributed by atoms with Crippen molar-refractivity contribution in [3.8, 4) is 0 Å². The molecule has 2 N–H and O–H groups in total. The first kappa shape index (κ1) is 19.0. The second kappa shape index (κ2) is 9.21. The van der Waals surface area contributed by atoms with E-state index in [0.717, 1.165) is 24.3 Å². The van der Waals surface area contributed by atoms with Crippen LogP contribution in [0.25, 0.3) is 0 Å². The van der Waals surface area contributed by atoms with Crippen LogP contribution in [0, 0.1) is 6.92 Å². The Kier molecular flexibility index (Phi) is 6.47. The minimum atomic E-state index is -0.146. The monoisotopic (exact) mass is 365 g/mol. The van der Waals surface area contributed by atoms with Crippen molar-refractivity contribution in [1.29, 1.82) is 0 Å². The van der Waals surface area contributed by atoms with Gasteiger partial charge in [-0.2, -0.15) is 0 Å². The molecule has 1 heterocycles. The first-order chi connectivity index (χ1) is 13.1. The molecule has 1 aliphatic heterocycles. The van der Waals surface area contributed by atoms with Gasteiger partial charge in [0.05, 0.1) is 0 Å². The summed E-state index contributed by atoms with van der Waals surface area (Å²) in [6.45, 7) is 4.42. The summed E-state index contributed by atoms with van der Waals surface area (Å²) in [7, 11) is 0. The van der Waals surface area contributed by atoms with Crippen LogP contribution in [0.1, 0.15) is 41.6 Å². The van der Waals surface area contributed by atoms with E-state index in [-0.39, 0.29) is 18.2 Å². The molecule has 5 heteroatoms. The Labute approximate surface area is 160 Å². The standard InChI is InChI=1S/C22H27N3O2/c1-17-7-3-4-8-20(17)22(27)23-14-13-21(26)24-18-9-11-19(12-10-18)25-15-5-2-6-16-25/h3-4,7-12H,2,5-6,13-16H2,1H3,(H,23,27)(H,24,26). The van der Waals surface area contributed by atoms with Gasteiger partial charge in [0.25, 0.3) is 5.91 Å². The van der Waals surface area contributed by atoms with Crippen molar-refractivity contribution in [3.05, 3.63) is 59.7 Å². The van der Waals surface area contributed by atoms with Gasteiger partial charge in [0.2, 0.25) is 5.91 Å². The van der Waals surface area contributed by atoms with E-state index in [9.17, 15) is 9.59 Å². The van der Waals surface area contributed by atoms with E-state index < -0.39 is 0 Å². The average Bonchev–Trinajstić information content (AvgIpc) is 2.69. The third-order valence-corrected chi connectivity index (χ3v) is 4.90. The number of aryl methyl sites for hydroxylation is 1. The van der Waals surface area contributed by atoms with Crippen molar-refractivity contribution < 1.29 is 9.59 Å². The van der Waals surface area contributed by atoms with Crippen LogP contribution >= 0.6 is 0 Å². The van der Waals surface area contributed by atoms with Gasteiger partial charge in [0.1, 0.15) is 0 Å². The molecule has 0 saturated carbocycles. The molecule has 0 atom stereocenters. The topological polar surface area (TPSA) is 61.4 Å². The summed E-state index contributed by atoms with van der Waals surface area (Å²) >= 11 is 0. The summed E-state index contributed by atoms with van der Waals surface area (Å²) in [6.07, 6.45) is 4.04. The van der Waals surface area contributed by atoms with Crippen LogP contribution in [0.3, 0.4) is 0 Å². The molecule has 2 amide bonds. The number of carbonyl (C=O) groups excluding carboxylic acids is 2. The second-order valence-electron chi connectivity index (χ2n) is 6.96. The zero-order chi connectivity index (χ0) is 19.1. The van der Waals surface area contributed by atoms with Gasteiger partial charge in [-0.25, -0.2) is 0 Å². The zero-order valence-electron chi connectivity index (χ0n) is 15.8. The van der Waals surface area contributed by atoms with Crippen LogP contribution in [-0.4, -0.2) is 31.4 Å². The predicted molar refractivity (Wildman–Crippen MR) is 109 cm³/mol. The normalized spacial score (nSPS) is 13.9. The van der Waals surface area contributed by atoms with Gasteiger partial charge >= 0.3 is 0 Å². The van der Waals surface area contributed by atoms with Crippen LogP contribution in [-0.2, 0) is 4.79 Å². The van der Waals surface area contributed by atoms with Crippen LogP contribution in [0.5, 0.6) is 0 Å². The van der Waals surface area contributed by atoms with Crippen LogP contribution < -0.4 is 15.5 Å². The smallest absolute Gasteiger partial charge is 0.251 e. The lowest BCUT2D eigenvalue weighted by Crippen LogP contribution is -2.29. The highest BCUT2D eigenvalue weighted by molar-refractivity contribution is 5.96. The summed E-state index contributed by atoms with van der Waals surface area (Å²) in [5.41, 5.74) is 3.56. The molecule has 5 nitrogen and oxygen atoms in total. The van der Waals surface area contributed by atoms with Crippen molar-refractivity contribution in [2.45, 2.75) is 32.6 Å². The largest absolute Gasteiger partial charge is 0.372 e. The van der Waals surface area contributed by atoms with E-state index in [1.807, 2.05) is 37.3 Å². The number of nitrogens with one attached hydrogen (secondary N) is 2. The zero-order valence-corrected chi connectivity index (χ0v) is 15.8. The molecule has 3 rings (SSSR count). The lowest BCUT2D eigenvalue weighted by Gasteiger charge is -2.28. The average molecular weight is 365 g/mol. The molecule has 142 valence electrons. The number of anilines is 2. The van der Waals surface area contributed by atoms with Gasteiger partial charge in [-0.1, -0.05) is 18.2 Å². The minimum Gasteiger partial charge on any atom is -0.372 e. The molecular formula is C22H27N3O2. The number of nitrogens with zero attached hydrogens (tertiary/aromatic N) is 1. The molecule has 1 aliphatic rings. The Morgan fingerprint density at radius 2 is 1.67 bits per heavy atom. The fourth-order valence-electron chi connectivity index (χ4n) is 3.34. The molecule has 0 radical (unpaired) electrons. The maximum Gasteiger partial charge on any atom is 0.251 e. The molecule has 0 aromatic heterocycles. The lowest BCUT2D eigenvalue weighted by atomic mass is 10.1. The van der Waals surface area contributed by atoms with Gasteiger partial charge in [0.15, 0.2) is 0 Å². The molecule has 27 heavy (non-hydrogen) atoms. The maximum atomic E-state index is 12.1.